The zero-order chi connectivity index (χ0) is 19.6. The van der Waals surface area contributed by atoms with Gasteiger partial charge in [-0.25, -0.2) is 0 Å². The van der Waals surface area contributed by atoms with Crippen LogP contribution in [0.5, 0.6) is 0 Å². The van der Waals surface area contributed by atoms with E-state index in [1.54, 1.807) is 0 Å². The molecule has 25 heavy (non-hydrogen) atoms. The lowest BCUT2D eigenvalue weighted by molar-refractivity contribution is 0.0795. The maximum atomic E-state index is 6.62. The molecule has 0 bridgehead atoms. The maximum absolute atomic E-state index is 6.62. The van der Waals surface area contributed by atoms with Gasteiger partial charge in [0.15, 0.2) is 25.0 Å². The van der Waals surface area contributed by atoms with Crippen LogP contribution in [0.3, 0.4) is 0 Å². The average molecular weight is 417 g/mol. The molecule has 0 aromatic carbocycles. The minimum atomic E-state index is -2.53. The smallest absolute Gasteiger partial charge is 0.400 e. The van der Waals surface area contributed by atoms with E-state index in [0.29, 0.717) is 0 Å². The Morgan fingerprint density at radius 2 is 1.08 bits per heavy atom. The molecule has 0 saturated heterocycles. The summed E-state index contributed by atoms with van der Waals surface area (Å²) >= 11 is 0. The minimum absolute atomic E-state index is 0.275. The summed E-state index contributed by atoms with van der Waals surface area (Å²) in [7, 11) is -7.64. The van der Waals surface area contributed by atoms with Crippen LogP contribution in [0.1, 0.15) is 32.1 Å². The van der Waals surface area contributed by atoms with Crippen molar-refractivity contribution >= 4 is 33.5 Å². The third-order valence-corrected chi connectivity index (χ3v) is 13.3. The van der Waals surface area contributed by atoms with Gasteiger partial charge in [-0.2, -0.15) is 0 Å². The van der Waals surface area contributed by atoms with Crippen LogP contribution in [0.2, 0.25) is 65.5 Å². The van der Waals surface area contributed by atoms with Crippen LogP contribution >= 0.6 is 0 Å². The van der Waals surface area contributed by atoms with Crippen LogP contribution in [0.25, 0.3) is 0 Å². The van der Waals surface area contributed by atoms with E-state index in [-0.39, 0.29) is 5.60 Å². The van der Waals surface area contributed by atoms with Gasteiger partial charge in [0.25, 0.3) is 0 Å². The second kappa shape index (κ2) is 8.13. The number of hydrogen-bond donors (Lipinski definition) is 0. The summed E-state index contributed by atoms with van der Waals surface area (Å²) in [4.78, 5) is 0. The van der Waals surface area contributed by atoms with E-state index >= 15 is 0 Å². The molecule has 1 aliphatic rings. The molecule has 0 amide bonds. The van der Waals surface area contributed by atoms with Gasteiger partial charge in [-0.1, -0.05) is 17.9 Å². The minimum Gasteiger partial charge on any atom is -0.428 e. The summed E-state index contributed by atoms with van der Waals surface area (Å²) in [6, 6.07) is 0. The van der Waals surface area contributed by atoms with Crippen molar-refractivity contribution < 1.29 is 12.7 Å². The Morgan fingerprint density at radius 3 is 1.44 bits per heavy atom. The summed E-state index contributed by atoms with van der Waals surface area (Å²) < 4.78 is 19.7. The van der Waals surface area contributed by atoms with Crippen LogP contribution in [0.15, 0.2) is 0 Å². The highest BCUT2D eigenvalue weighted by Crippen LogP contribution is 2.34. The van der Waals surface area contributed by atoms with E-state index in [4.69, 9.17) is 12.7 Å². The van der Waals surface area contributed by atoms with Gasteiger partial charge in [0.2, 0.25) is 0 Å². The lowest BCUT2D eigenvalue weighted by atomic mass is 9.86. The molecular formula is C18H40O3Si4. The Bertz CT molecular complexity index is 482. The Morgan fingerprint density at radius 1 is 0.640 bits per heavy atom. The largest absolute Gasteiger partial charge is 0.428 e. The molecule has 0 atom stereocenters. The van der Waals surface area contributed by atoms with Crippen LogP contribution in [-0.4, -0.2) is 39.1 Å². The first-order valence-electron chi connectivity index (χ1n) is 9.68. The fourth-order valence-corrected chi connectivity index (χ4v) is 15.6. The van der Waals surface area contributed by atoms with Gasteiger partial charge in [0.05, 0.1) is 0 Å². The Kier molecular flexibility index (Phi) is 7.59. The van der Waals surface area contributed by atoms with Gasteiger partial charge in [-0.05, 0) is 91.2 Å². The predicted octanol–water partition coefficient (Wildman–Crippen LogP) is 5.86. The highest BCUT2D eigenvalue weighted by Gasteiger charge is 2.41. The van der Waals surface area contributed by atoms with Crippen molar-refractivity contribution in [2.45, 2.75) is 103 Å². The maximum Gasteiger partial charge on any atom is 0.400 e. The van der Waals surface area contributed by atoms with Crippen molar-refractivity contribution in [1.29, 1.82) is 0 Å². The molecular weight excluding hydrogens is 377 g/mol. The normalized spacial score (nSPS) is 19.3. The van der Waals surface area contributed by atoms with E-state index < -0.39 is 33.5 Å². The van der Waals surface area contributed by atoms with Crippen molar-refractivity contribution in [3.63, 3.8) is 0 Å². The van der Waals surface area contributed by atoms with Crippen molar-refractivity contribution in [2.75, 3.05) is 0 Å². The Labute approximate surface area is 160 Å². The van der Waals surface area contributed by atoms with Crippen LogP contribution in [0.4, 0.5) is 0 Å². The van der Waals surface area contributed by atoms with Gasteiger partial charge in [0, 0.05) is 0 Å². The molecule has 0 aromatic heterocycles. The number of rotatable bonds is 6. The molecule has 1 fully saturated rings. The van der Waals surface area contributed by atoms with E-state index in [1.165, 1.54) is 19.3 Å². The molecule has 0 radical (unpaired) electrons. The van der Waals surface area contributed by atoms with Gasteiger partial charge in [-0.3, -0.25) is 0 Å². The molecule has 0 aliphatic heterocycles. The van der Waals surface area contributed by atoms with Crippen molar-refractivity contribution in [1.82, 2.24) is 0 Å². The summed E-state index contributed by atoms with van der Waals surface area (Å²) in [5, 5.41) is 0. The fraction of sp³-hybridized carbons (Fsp3) is 0.889. The fourth-order valence-electron chi connectivity index (χ4n) is 3.43. The molecule has 0 heterocycles. The second-order valence-electron chi connectivity index (χ2n) is 10.4. The van der Waals surface area contributed by atoms with Crippen LogP contribution < -0.4 is 0 Å². The first-order valence-corrected chi connectivity index (χ1v) is 22.2. The molecule has 0 aromatic rings. The third kappa shape index (κ3) is 9.70. The molecule has 3 nitrogen and oxygen atoms in total. The lowest BCUT2D eigenvalue weighted by Crippen LogP contribution is -2.52. The quantitative estimate of drug-likeness (QED) is 0.401. The van der Waals surface area contributed by atoms with Crippen LogP contribution in [0, 0.1) is 11.5 Å². The summed E-state index contributed by atoms with van der Waals surface area (Å²) in [6.07, 6.45) is 5.82. The highest BCUT2D eigenvalue weighted by atomic mass is 28.5. The van der Waals surface area contributed by atoms with E-state index in [1.807, 2.05) is 0 Å². The van der Waals surface area contributed by atoms with Crippen molar-refractivity contribution in [2.24, 2.45) is 0 Å². The Balaban J connectivity index is 3.19. The predicted molar refractivity (Wildman–Crippen MR) is 119 cm³/mol. The highest BCUT2D eigenvalue weighted by molar-refractivity contribution is 6.91. The first-order chi connectivity index (χ1) is 11.0. The average Bonchev–Trinajstić information content (AvgIpc) is 2.31. The summed E-state index contributed by atoms with van der Waals surface area (Å²) in [5.74, 6) is 3.60. The SMILES string of the molecule is C[Si](C)(C)OC1(C#C[Si](C)(O[Si](C)(C)C)O[Si](C)(C)C)CCCCC1. The zero-order valence-corrected chi connectivity index (χ0v) is 22.3. The monoisotopic (exact) mass is 416 g/mol. The first kappa shape index (κ1) is 23.3. The standard InChI is InChI=1S/C18H40O3Si4/c1-22(2,3)19-18(14-12-11-13-15-18)16-17-25(10,20-23(4,5)6)21-24(7,8)9/h11-15H2,1-10H3. The van der Waals surface area contributed by atoms with Gasteiger partial charge < -0.3 is 12.7 Å². The zero-order valence-electron chi connectivity index (χ0n) is 18.3. The van der Waals surface area contributed by atoms with E-state index in [0.717, 1.165) is 12.8 Å². The van der Waals surface area contributed by atoms with Gasteiger partial charge >= 0.3 is 8.56 Å². The molecule has 0 unspecified atom stereocenters. The second-order valence-corrected chi connectivity index (χ2v) is 27.0. The number of hydrogen-bond acceptors (Lipinski definition) is 3. The van der Waals surface area contributed by atoms with Crippen LogP contribution in [-0.2, 0) is 12.7 Å². The molecule has 0 N–H and O–H groups in total. The molecule has 7 heteroatoms. The molecule has 0 spiro atoms. The van der Waals surface area contributed by atoms with E-state index in [2.05, 4.69) is 76.9 Å². The summed E-state index contributed by atoms with van der Waals surface area (Å²) in [5.41, 5.74) is 3.28. The third-order valence-electron chi connectivity index (χ3n) is 3.68. The summed E-state index contributed by atoms with van der Waals surface area (Å²) in [6.45, 7) is 22.3. The molecule has 1 rings (SSSR count). The van der Waals surface area contributed by atoms with Gasteiger partial charge in [-0.15, -0.1) is 0 Å². The molecule has 146 valence electrons. The van der Waals surface area contributed by atoms with Crippen molar-refractivity contribution in [3.8, 4) is 11.5 Å². The Hall–Kier alpha value is 0.308. The topological polar surface area (TPSA) is 27.7 Å². The molecule has 1 aliphatic carbocycles. The van der Waals surface area contributed by atoms with E-state index in [9.17, 15) is 0 Å². The molecule has 1 saturated carbocycles. The lowest BCUT2D eigenvalue weighted by Gasteiger charge is -2.39. The van der Waals surface area contributed by atoms with Crippen molar-refractivity contribution in [3.05, 3.63) is 0 Å². The van der Waals surface area contributed by atoms with Gasteiger partial charge in [0.1, 0.15) is 5.60 Å².